The van der Waals surface area contributed by atoms with Gasteiger partial charge in [0.2, 0.25) is 11.8 Å². The molecule has 0 aliphatic carbocycles. The van der Waals surface area contributed by atoms with E-state index < -0.39 is 0 Å². The van der Waals surface area contributed by atoms with E-state index in [-0.39, 0.29) is 23.8 Å². The molecule has 2 aliphatic heterocycles. The molecular formula is C22H33N3O3. The molecule has 6 nitrogen and oxygen atoms in total. The number of nitrogens with zero attached hydrogens (tertiary/aromatic N) is 2. The standard InChI is InChI=1S/C22H33N3O3/c1-16(2)15-25-17(3)20(8-9-21(25)26)22(27)23-14-18-4-6-19(7-5-18)24-10-12-28-13-11-24/h4-7,16-17,20H,8-15H2,1-3H3,(H,23,27). The van der Waals surface area contributed by atoms with Gasteiger partial charge in [0.25, 0.3) is 0 Å². The first-order valence-electron chi connectivity index (χ1n) is 10.4. The second-order valence-electron chi connectivity index (χ2n) is 8.31. The zero-order valence-corrected chi connectivity index (χ0v) is 17.3. The van der Waals surface area contributed by atoms with Crippen LogP contribution in [0.25, 0.3) is 0 Å². The molecule has 3 rings (SSSR count). The van der Waals surface area contributed by atoms with Crippen LogP contribution in [0, 0.1) is 11.8 Å². The lowest BCUT2D eigenvalue weighted by Crippen LogP contribution is -2.52. The number of likely N-dealkylation sites (tertiary alicyclic amines) is 1. The zero-order chi connectivity index (χ0) is 20.1. The Bertz CT molecular complexity index is 668. The predicted molar refractivity (Wildman–Crippen MR) is 110 cm³/mol. The number of hydrogen-bond acceptors (Lipinski definition) is 4. The molecule has 1 aromatic carbocycles. The van der Waals surface area contributed by atoms with Crippen molar-refractivity contribution in [2.45, 2.75) is 46.2 Å². The van der Waals surface area contributed by atoms with Crippen LogP contribution in [0.15, 0.2) is 24.3 Å². The number of anilines is 1. The zero-order valence-electron chi connectivity index (χ0n) is 17.3. The average molecular weight is 388 g/mol. The summed E-state index contributed by atoms with van der Waals surface area (Å²) in [5, 5.41) is 3.08. The maximum atomic E-state index is 12.8. The number of amides is 2. The molecule has 2 atom stereocenters. The van der Waals surface area contributed by atoms with Gasteiger partial charge in [0, 0.05) is 44.3 Å². The summed E-state index contributed by atoms with van der Waals surface area (Å²) in [6, 6.07) is 8.32. The van der Waals surface area contributed by atoms with Crippen molar-refractivity contribution >= 4 is 17.5 Å². The van der Waals surface area contributed by atoms with Crippen molar-refractivity contribution in [2.75, 3.05) is 37.7 Å². The largest absolute Gasteiger partial charge is 0.378 e. The van der Waals surface area contributed by atoms with Crippen molar-refractivity contribution in [3.8, 4) is 0 Å². The molecule has 0 saturated carbocycles. The van der Waals surface area contributed by atoms with Crippen molar-refractivity contribution < 1.29 is 14.3 Å². The topological polar surface area (TPSA) is 61.9 Å². The average Bonchev–Trinajstić information content (AvgIpc) is 2.70. The van der Waals surface area contributed by atoms with Crippen LogP contribution in [-0.2, 0) is 20.9 Å². The number of benzene rings is 1. The van der Waals surface area contributed by atoms with Crippen molar-refractivity contribution in [1.82, 2.24) is 10.2 Å². The third-order valence-corrected chi connectivity index (χ3v) is 5.74. The summed E-state index contributed by atoms with van der Waals surface area (Å²) in [7, 11) is 0. The summed E-state index contributed by atoms with van der Waals surface area (Å²) >= 11 is 0. The molecule has 0 radical (unpaired) electrons. The van der Waals surface area contributed by atoms with Crippen LogP contribution in [0.3, 0.4) is 0 Å². The minimum absolute atomic E-state index is 0.0472. The van der Waals surface area contributed by atoms with Gasteiger partial charge in [-0.15, -0.1) is 0 Å². The van der Waals surface area contributed by atoms with E-state index in [2.05, 4.69) is 48.3 Å². The van der Waals surface area contributed by atoms with Crippen molar-refractivity contribution in [1.29, 1.82) is 0 Å². The minimum atomic E-state index is -0.135. The van der Waals surface area contributed by atoms with Gasteiger partial charge in [0.1, 0.15) is 0 Å². The first-order valence-corrected chi connectivity index (χ1v) is 10.4. The van der Waals surface area contributed by atoms with Gasteiger partial charge < -0.3 is 19.9 Å². The van der Waals surface area contributed by atoms with Gasteiger partial charge >= 0.3 is 0 Å². The molecule has 6 heteroatoms. The van der Waals surface area contributed by atoms with Gasteiger partial charge in [0.05, 0.1) is 19.1 Å². The van der Waals surface area contributed by atoms with Crippen LogP contribution in [0.2, 0.25) is 0 Å². The highest BCUT2D eigenvalue weighted by Gasteiger charge is 2.36. The Morgan fingerprint density at radius 2 is 1.89 bits per heavy atom. The number of ether oxygens (including phenoxy) is 1. The smallest absolute Gasteiger partial charge is 0.225 e. The van der Waals surface area contributed by atoms with Crippen LogP contribution in [0.1, 0.15) is 39.2 Å². The molecular weight excluding hydrogens is 354 g/mol. The number of hydrogen-bond donors (Lipinski definition) is 1. The van der Waals surface area contributed by atoms with Gasteiger partial charge in [-0.05, 0) is 37.0 Å². The summed E-state index contributed by atoms with van der Waals surface area (Å²) in [6.45, 7) is 10.8. The maximum Gasteiger partial charge on any atom is 0.225 e. The van der Waals surface area contributed by atoms with E-state index in [1.54, 1.807) is 0 Å². The summed E-state index contributed by atoms with van der Waals surface area (Å²) in [6.07, 6.45) is 1.10. The highest BCUT2D eigenvalue weighted by molar-refractivity contribution is 5.84. The van der Waals surface area contributed by atoms with Crippen LogP contribution < -0.4 is 10.2 Å². The monoisotopic (exact) mass is 387 g/mol. The van der Waals surface area contributed by atoms with Crippen LogP contribution >= 0.6 is 0 Å². The Labute approximate surface area is 168 Å². The number of morpholine rings is 1. The maximum absolute atomic E-state index is 12.8. The molecule has 2 aliphatic rings. The van der Waals surface area contributed by atoms with Gasteiger partial charge in [-0.1, -0.05) is 26.0 Å². The highest BCUT2D eigenvalue weighted by Crippen LogP contribution is 2.26. The Balaban J connectivity index is 1.53. The molecule has 0 aromatic heterocycles. The fourth-order valence-corrected chi connectivity index (χ4v) is 4.09. The molecule has 0 bridgehead atoms. The second-order valence-corrected chi connectivity index (χ2v) is 8.31. The highest BCUT2D eigenvalue weighted by atomic mass is 16.5. The molecule has 2 amide bonds. The number of rotatable bonds is 6. The molecule has 28 heavy (non-hydrogen) atoms. The molecule has 2 fully saturated rings. The Morgan fingerprint density at radius 1 is 1.21 bits per heavy atom. The SMILES string of the molecule is CC(C)CN1C(=O)CCC(C(=O)NCc2ccc(N3CCOCC3)cc2)C1C. The van der Waals surface area contributed by atoms with E-state index in [4.69, 9.17) is 4.74 Å². The third-order valence-electron chi connectivity index (χ3n) is 5.74. The normalized spacial score (nSPS) is 23.2. The Morgan fingerprint density at radius 3 is 2.54 bits per heavy atom. The molecule has 0 spiro atoms. The predicted octanol–water partition coefficient (Wildman–Crippen LogP) is 2.42. The fourth-order valence-electron chi connectivity index (χ4n) is 4.09. The summed E-state index contributed by atoms with van der Waals surface area (Å²) in [5.74, 6) is 0.484. The molecule has 2 heterocycles. The lowest BCUT2D eigenvalue weighted by molar-refractivity contribution is -0.143. The third kappa shape index (κ3) is 5.04. The summed E-state index contributed by atoms with van der Waals surface area (Å²) < 4.78 is 5.40. The van der Waals surface area contributed by atoms with Crippen LogP contribution in [0.5, 0.6) is 0 Å². The number of nitrogens with one attached hydrogen (secondary N) is 1. The second kappa shape index (κ2) is 9.41. The summed E-state index contributed by atoms with van der Waals surface area (Å²) in [5.41, 5.74) is 2.28. The number of carbonyl (C=O) groups excluding carboxylic acids is 2. The molecule has 2 unspecified atom stereocenters. The van der Waals surface area contributed by atoms with Gasteiger partial charge in [-0.3, -0.25) is 9.59 Å². The lowest BCUT2D eigenvalue weighted by atomic mass is 9.88. The van der Waals surface area contributed by atoms with Gasteiger partial charge in [-0.2, -0.15) is 0 Å². The Hall–Kier alpha value is -2.08. The fraction of sp³-hybridized carbons (Fsp3) is 0.636. The van der Waals surface area contributed by atoms with Crippen molar-refractivity contribution in [2.24, 2.45) is 11.8 Å². The van der Waals surface area contributed by atoms with E-state index in [0.29, 0.717) is 31.8 Å². The van der Waals surface area contributed by atoms with Gasteiger partial charge in [0.15, 0.2) is 0 Å². The van der Waals surface area contributed by atoms with E-state index in [0.717, 1.165) is 31.9 Å². The molecule has 154 valence electrons. The summed E-state index contributed by atoms with van der Waals surface area (Å²) in [4.78, 5) is 29.2. The minimum Gasteiger partial charge on any atom is -0.378 e. The van der Waals surface area contributed by atoms with E-state index in [9.17, 15) is 9.59 Å². The Kier molecular flexibility index (Phi) is 6.94. The first kappa shape index (κ1) is 20.6. The number of carbonyl (C=O) groups is 2. The van der Waals surface area contributed by atoms with Crippen molar-refractivity contribution in [3.05, 3.63) is 29.8 Å². The van der Waals surface area contributed by atoms with Crippen LogP contribution in [0.4, 0.5) is 5.69 Å². The van der Waals surface area contributed by atoms with Gasteiger partial charge in [-0.25, -0.2) is 0 Å². The lowest BCUT2D eigenvalue weighted by Gasteiger charge is -2.39. The molecule has 2 saturated heterocycles. The quantitative estimate of drug-likeness (QED) is 0.814. The molecule has 1 aromatic rings. The van der Waals surface area contributed by atoms with E-state index in [1.807, 2.05) is 11.8 Å². The number of piperidine rings is 1. The first-order chi connectivity index (χ1) is 13.5. The van der Waals surface area contributed by atoms with Crippen molar-refractivity contribution in [3.63, 3.8) is 0 Å². The van der Waals surface area contributed by atoms with E-state index in [1.165, 1.54) is 5.69 Å². The molecule has 1 N–H and O–H groups in total. The van der Waals surface area contributed by atoms with Crippen LogP contribution in [-0.4, -0.2) is 55.6 Å². The van der Waals surface area contributed by atoms with E-state index >= 15 is 0 Å².